The van der Waals surface area contributed by atoms with Gasteiger partial charge in [-0.1, -0.05) is 200 Å². The number of allylic oxidation sites excluding steroid dienone is 4. The van der Waals surface area contributed by atoms with Crippen LogP contribution in [-0.4, -0.2) is 31.1 Å². The van der Waals surface area contributed by atoms with E-state index < -0.39 is 16.1 Å². The van der Waals surface area contributed by atoms with Crippen molar-refractivity contribution in [3.05, 3.63) is 230 Å². The van der Waals surface area contributed by atoms with Crippen LogP contribution < -0.4 is 45.8 Å². The lowest BCUT2D eigenvalue weighted by molar-refractivity contribution is 0.487. The normalized spacial score (nSPS) is 17.4. The monoisotopic (exact) mass is 869 g/mol. The van der Waals surface area contributed by atoms with Gasteiger partial charge < -0.3 is 9.47 Å². The molecule has 9 aromatic rings. The highest BCUT2D eigenvalue weighted by Gasteiger charge is 2.52. The Morgan fingerprint density at radius 1 is 0.415 bits per heavy atom. The summed E-state index contributed by atoms with van der Waals surface area (Å²) in [7, 11) is -5.76. The molecule has 0 spiro atoms. The van der Waals surface area contributed by atoms with Gasteiger partial charge in [-0.2, -0.15) is 0 Å². The molecule has 0 radical (unpaired) electrons. The van der Waals surface area contributed by atoms with Gasteiger partial charge in [0.15, 0.2) is 33.6 Å². The number of aromatic nitrogens is 3. The third-order valence-corrected chi connectivity index (χ3v) is 23.7. The molecular formula is C58H43N3O2Si2. The zero-order valence-electron chi connectivity index (χ0n) is 35.8. The maximum absolute atomic E-state index is 7.17. The molecule has 0 saturated carbocycles. The van der Waals surface area contributed by atoms with Crippen LogP contribution in [0.15, 0.2) is 224 Å². The number of nitrogens with zero attached hydrogens (tertiary/aromatic N) is 3. The van der Waals surface area contributed by atoms with Crippen LogP contribution in [0.4, 0.5) is 0 Å². The van der Waals surface area contributed by atoms with Crippen LogP contribution in [0.1, 0.15) is 12.0 Å². The second-order valence-electron chi connectivity index (χ2n) is 17.0. The van der Waals surface area contributed by atoms with Gasteiger partial charge in [-0.15, -0.1) is 0 Å². The summed E-state index contributed by atoms with van der Waals surface area (Å²) in [5.74, 6) is 4.97. The third-order valence-electron chi connectivity index (χ3n) is 13.6. The predicted octanol–water partition coefficient (Wildman–Crippen LogP) is 9.13. The summed E-state index contributed by atoms with van der Waals surface area (Å²) in [6.07, 6.45) is 10.0. The van der Waals surface area contributed by atoms with Gasteiger partial charge in [0.05, 0.1) is 11.1 Å². The van der Waals surface area contributed by atoms with E-state index in [0.29, 0.717) is 17.5 Å². The number of fused-ring (bicyclic) bond motifs is 4. The Hall–Kier alpha value is -7.72. The quantitative estimate of drug-likeness (QED) is 0.150. The van der Waals surface area contributed by atoms with E-state index in [-0.39, 0.29) is 5.54 Å². The van der Waals surface area contributed by atoms with Crippen molar-refractivity contribution in [1.29, 1.82) is 0 Å². The topological polar surface area (TPSA) is 57.1 Å². The number of rotatable bonds is 7. The number of hydrogen-bond donors (Lipinski definition) is 0. The van der Waals surface area contributed by atoms with Crippen molar-refractivity contribution in [2.45, 2.75) is 18.9 Å². The molecule has 1 aliphatic carbocycles. The van der Waals surface area contributed by atoms with Crippen molar-refractivity contribution in [2.24, 2.45) is 0 Å². The second kappa shape index (κ2) is 15.8. The SMILES string of the molecule is Cc1ccccc1-c1nc(-c2cccc3c2Oc2ccccc2[Si]3(c2ccccc2)c2ccccc2)nc(-c2cccc3c2Oc2ccccc2[Si]3(c2ccccc2)C2C=CC=CC2)n1. The van der Waals surface area contributed by atoms with E-state index in [1.807, 2.05) is 6.07 Å². The van der Waals surface area contributed by atoms with Gasteiger partial charge in [-0.05, 0) is 85.0 Å². The number of aryl methyl sites for hydroxylation is 1. The fourth-order valence-corrected chi connectivity index (χ4v) is 21.3. The average molecular weight is 870 g/mol. The van der Waals surface area contributed by atoms with Crippen molar-refractivity contribution >= 4 is 52.5 Å². The molecule has 1 aromatic heterocycles. The van der Waals surface area contributed by atoms with Crippen LogP contribution in [0, 0.1) is 6.92 Å². The van der Waals surface area contributed by atoms with E-state index in [1.54, 1.807) is 0 Å². The summed E-state index contributed by atoms with van der Waals surface area (Å²) < 4.78 is 14.3. The van der Waals surface area contributed by atoms with Crippen molar-refractivity contribution in [3.8, 4) is 57.2 Å². The minimum Gasteiger partial charge on any atom is -0.457 e. The van der Waals surface area contributed by atoms with Crippen molar-refractivity contribution < 1.29 is 9.47 Å². The molecule has 0 bridgehead atoms. The summed E-state index contributed by atoms with van der Waals surface area (Å²) in [5, 5.41) is 8.74. The third kappa shape index (κ3) is 6.07. The van der Waals surface area contributed by atoms with Crippen LogP contribution in [0.5, 0.6) is 23.0 Å². The molecule has 12 rings (SSSR count). The molecule has 0 N–H and O–H groups in total. The number of para-hydroxylation sites is 4. The molecule has 2 aliphatic heterocycles. The van der Waals surface area contributed by atoms with E-state index in [9.17, 15) is 0 Å². The highest BCUT2D eigenvalue weighted by atomic mass is 28.3. The van der Waals surface area contributed by atoms with Crippen molar-refractivity contribution in [2.75, 3.05) is 0 Å². The van der Waals surface area contributed by atoms with Gasteiger partial charge in [0, 0.05) is 5.56 Å². The Balaban J connectivity index is 1.13. The van der Waals surface area contributed by atoms with Crippen LogP contribution in [-0.2, 0) is 0 Å². The molecule has 65 heavy (non-hydrogen) atoms. The maximum atomic E-state index is 7.17. The van der Waals surface area contributed by atoms with Crippen LogP contribution in [0.2, 0.25) is 5.54 Å². The van der Waals surface area contributed by atoms with E-state index >= 15 is 0 Å². The van der Waals surface area contributed by atoms with Crippen LogP contribution in [0.25, 0.3) is 34.2 Å². The van der Waals surface area contributed by atoms with Crippen LogP contribution in [0.3, 0.4) is 0 Å². The Morgan fingerprint density at radius 3 is 1.48 bits per heavy atom. The molecular weight excluding hydrogens is 827 g/mol. The summed E-state index contributed by atoms with van der Waals surface area (Å²) in [5.41, 5.74) is 3.90. The van der Waals surface area contributed by atoms with E-state index in [0.717, 1.165) is 56.9 Å². The summed E-state index contributed by atoms with van der Waals surface area (Å²) >= 11 is 0. The van der Waals surface area contributed by atoms with Gasteiger partial charge in [-0.3, -0.25) is 0 Å². The summed E-state index contributed by atoms with van der Waals surface area (Å²) in [4.78, 5) is 16.3. The molecule has 5 nitrogen and oxygen atoms in total. The molecule has 310 valence electrons. The molecule has 3 aliphatic rings. The van der Waals surface area contributed by atoms with Crippen molar-refractivity contribution in [3.63, 3.8) is 0 Å². The first-order valence-electron chi connectivity index (χ1n) is 22.3. The summed E-state index contributed by atoms with van der Waals surface area (Å²) in [6.45, 7) is 2.11. The minimum atomic E-state index is -2.94. The predicted molar refractivity (Wildman–Crippen MR) is 269 cm³/mol. The standard InChI is InChI=1S/C58H43N3O2Si2/c1-40-22-14-15-31-45(40)56-59-57(46-32-20-38-52-54(46)62-48-34-16-18-36-50(48)64(52,41-23-6-2-7-24-41)42-25-8-3-9-26-42)61-58(60-56)47-33-21-39-53-55(47)63-49-35-17-19-37-51(49)65(53,43-27-10-4-11-28-43)44-29-12-5-13-30-44/h2-29,31-39,44H,30H2,1H3. The fraction of sp³-hybridized carbons (Fsp3) is 0.0517. The molecule has 0 saturated heterocycles. The largest absolute Gasteiger partial charge is 0.457 e. The van der Waals surface area contributed by atoms with Crippen LogP contribution >= 0.6 is 0 Å². The Morgan fingerprint density at radius 2 is 0.877 bits per heavy atom. The first-order chi connectivity index (χ1) is 32.2. The van der Waals surface area contributed by atoms with Gasteiger partial charge >= 0.3 is 0 Å². The first kappa shape index (κ1) is 38.9. The zero-order valence-corrected chi connectivity index (χ0v) is 37.8. The van der Waals surface area contributed by atoms with E-state index in [2.05, 4.69) is 225 Å². The number of benzene rings is 8. The fourth-order valence-electron chi connectivity index (χ4n) is 10.8. The summed E-state index contributed by atoms with van der Waals surface area (Å²) in [6, 6.07) is 71.6. The maximum Gasteiger partial charge on any atom is 0.188 e. The smallest absolute Gasteiger partial charge is 0.188 e. The molecule has 0 amide bonds. The molecule has 8 aromatic carbocycles. The second-order valence-corrected chi connectivity index (χ2v) is 24.7. The Bertz CT molecular complexity index is 3300. The molecule has 2 unspecified atom stereocenters. The molecule has 2 atom stereocenters. The molecule has 0 fully saturated rings. The number of ether oxygens (including phenoxy) is 2. The van der Waals surface area contributed by atoms with Gasteiger partial charge in [-0.25, -0.2) is 15.0 Å². The minimum absolute atomic E-state index is 0.250. The first-order valence-corrected chi connectivity index (χ1v) is 26.4. The van der Waals surface area contributed by atoms with E-state index in [1.165, 1.54) is 31.1 Å². The number of hydrogen-bond acceptors (Lipinski definition) is 5. The highest BCUT2D eigenvalue weighted by molar-refractivity contribution is 7.21. The van der Waals surface area contributed by atoms with E-state index in [4.69, 9.17) is 24.4 Å². The lowest BCUT2D eigenvalue weighted by atomic mass is 10.1. The molecule has 7 heteroatoms. The lowest BCUT2D eigenvalue weighted by Crippen LogP contribution is -2.76. The lowest BCUT2D eigenvalue weighted by Gasteiger charge is -2.44. The van der Waals surface area contributed by atoms with Gasteiger partial charge in [0.1, 0.15) is 23.0 Å². The van der Waals surface area contributed by atoms with Gasteiger partial charge in [0.2, 0.25) is 0 Å². The zero-order chi connectivity index (χ0) is 43.4. The van der Waals surface area contributed by atoms with Gasteiger partial charge in [0.25, 0.3) is 0 Å². The molecule has 3 heterocycles. The van der Waals surface area contributed by atoms with Crippen molar-refractivity contribution in [1.82, 2.24) is 15.0 Å². The Labute approximate surface area is 381 Å². The average Bonchev–Trinajstić information content (AvgIpc) is 3.38. The highest BCUT2D eigenvalue weighted by Crippen LogP contribution is 2.43. The Kier molecular flexibility index (Phi) is 9.47.